The summed E-state index contributed by atoms with van der Waals surface area (Å²) in [5.41, 5.74) is 2.24. The lowest BCUT2D eigenvalue weighted by Gasteiger charge is -2.25. The van der Waals surface area contributed by atoms with Crippen LogP contribution in [0.2, 0.25) is 0 Å². The van der Waals surface area contributed by atoms with Crippen LogP contribution in [0.4, 0.5) is 0 Å². The van der Waals surface area contributed by atoms with Gasteiger partial charge < -0.3 is 19.9 Å². The number of aromatic nitrogens is 5. The molecule has 0 saturated carbocycles. The number of rotatable bonds is 8. The second-order valence-electron chi connectivity index (χ2n) is 7.85. The molecule has 2 N–H and O–H groups in total. The molecule has 0 saturated heterocycles. The van der Waals surface area contributed by atoms with E-state index in [2.05, 4.69) is 62.3 Å². The van der Waals surface area contributed by atoms with Gasteiger partial charge in [-0.1, -0.05) is 12.1 Å². The molecule has 31 heavy (non-hydrogen) atoms. The quantitative estimate of drug-likeness (QED) is 0.327. The Balaban J connectivity index is 1.33. The molecule has 9 nitrogen and oxygen atoms in total. The van der Waals surface area contributed by atoms with Gasteiger partial charge in [0, 0.05) is 39.2 Å². The lowest BCUT2D eigenvalue weighted by atomic mass is 10.1. The summed E-state index contributed by atoms with van der Waals surface area (Å²) in [6.45, 7) is 7.88. The maximum Gasteiger partial charge on any atom is 0.191 e. The Kier molecular flexibility index (Phi) is 6.81. The van der Waals surface area contributed by atoms with Crippen LogP contribution in [0.5, 0.6) is 0 Å². The first kappa shape index (κ1) is 21.3. The number of nitrogens with zero attached hydrogens (tertiary/aromatic N) is 6. The summed E-state index contributed by atoms with van der Waals surface area (Å²) < 4.78 is 9.42. The molecule has 0 bridgehead atoms. The molecule has 1 atom stereocenters. The van der Waals surface area contributed by atoms with Gasteiger partial charge in [0.1, 0.15) is 18.3 Å². The third kappa shape index (κ3) is 5.04. The predicted molar refractivity (Wildman–Crippen MR) is 121 cm³/mol. The Morgan fingerprint density at radius 3 is 3.00 bits per heavy atom. The molecule has 2 aromatic heterocycles. The molecule has 0 amide bonds. The van der Waals surface area contributed by atoms with Crippen LogP contribution in [0.3, 0.4) is 0 Å². The topological polar surface area (TPSA) is 94.2 Å². The summed E-state index contributed by atoms with van der Waals surface area (Å²) in [4.78, 5) is 14.0. The summed E-state index contributed by atoms with van der Waals surface area (Å²) in [6.07, 6.45) is 2.87. The number of nitrogens with one attached hydrogen (secondary N) is 2. The van der Waals surface area contributed by atoms with Crippen LogP contribution >= 0.6 is 0 Å². The highest BCUT2D eigenvalue weighted by Gasteiger charge is 2.22. The van der Waals surface area contributed by atoms with Gasteiger partial charge in [0.05, 0.1) is 17.6 Å². The Hall–Kier alpha value is -2.94. The Morgan fingerprint density at radius 2 is 2.16 bits per heavy atom. The number of para-hydroxylation sites is 2. The summed E-state index contributed by atoms with van der Waals surface area (Å²) in [7, 11) is 1.67. The maximum absolute atomic E-state index is 5.15. The minimum Gasteiger partial charge on any atom is -0.377 e. The van der Waals surface area contributed by atoms with Gasteiger partial charge in [0.2, 0.25) is 0 Å². The Labute approximate surface area is 182 Å². The van der Waals surface area contributed by atoms with E-state index >= 15 is 0 Å². The van der Waals surface area contributed by atoms with E-state index in [1.165, 1.54) is 5.52 Å². The molecule has 4 rings (SSSR count). The fourth-order valence-corrected chi connectivity index (χ4v) is 4.08. The second kappa shape index (κ2) is 9.91. The van der Waals surface area contributed by atoms with E-state index in [-0.39, 0.29) is 6.04 Å². The number of guanidine groups is 1. The molecule has 0 fully saturated rings. The van der Waals surface area contributed by atoms with Crippen LogP contribution in [-0.4, -0.2) is 56.5 Å². The van der Waals surface area contributed by atoms with Crippen molar-refractivity contribution in [2.45, 2.75) is 58.8 Å². The van der Waals surface area contributed by atoms with Gasteiger partial charge in [0.15, 0.2) is 11.8 Å². The van der Waals surface area contributed by atoms with Gasteiger partial charge in [-0.05, 0) is 38.8 Å². The predicted octanol–water partition coefficient (Wildman–Crippen LogP) is 2.04. The molecule has 0 aliphatic carbocycles. The number of fused-ring (bicyclic) bond motifs is 2. The lowest BCUT2D eigenvalue weighted by Crippen LogP contribution is -2.47. The molecule has 1 aliphatic rings. The zero-order chi connectivity index (χ0) is 21.6. The Bertz CT molecular complexity index is 1040. The minimum absolute atomic E-state index is 0.280. The van der Waals surface area contributed by atoms with E-state index in [1.807, 2.05) is 10.7 Å². The third-order valence-electron chi connectivity index (χ3n) is 5.52. The van der Waals surface area contributed by atoms with Crippen molar-refractivity contribution in [3.05, 3.63) is 41.7 Å². The van der Waals surface area contributed by atoms with Crippen molar-refractivity contribution >= 4 is 17.0 Å². The first-order chi connectivity index (χ1) is 15.2. The molecule has 0 radical (unpaired) electrons. The van der Waals surface area contributed by atoms with Gasteiger partial charge >= 0.3 is 0 Å². The molecule has 9 heteroatoms. The van der Waals surface area contributed by atoms with Crippen LogP contribution in [0.15, 0.2) is 29.3 Å². The van der Waals surface area contributed by atoms with Gasteiger partial charge in [-0.2, -0.15) is 5.10 Å². The third-order valence-corrected chi connectivity index (χ3v) is 5.52. The second-order valence-corrected chi connectivity index (χ2v) is 7.85. The summed E-state index contributed by atoms with van der Waals surface area (Å²) >= 11 is 0. The number of hydrogen-bond acceptors (Lipinski definition) is 5. The van der Waals surface area contributed by atoms with Crippen molar-refractivity contribution < 1.29 is 4.74 Å². The molecular formula is C22H32N8O. The fraction of sp³-hybridized carbons (Fsp3) is 0.545. The average Bonchev–Trinajstić information content (AvgIpc) is 3.30. The number of hydrogen-bond donors (Lipinski definition) is 2. The fourth-order valence-electron chi connectivity index (χ4n) is 4.08. The zero-order valence-electron chi connectivity index (χ0n) is 18.6. The van der Waals surface area contributed by atoms with E-state index in [1.54, 1.807) is 7.11 Å². The van der Waals surface area contributed by atoms with E-state index in [9.17, 15) is 0 Å². The standard InChI is InChI=1S/C22H32N8O/c1-4-23-22(26-17-10-11-21-27-20(15-31-3)28-30(21)14-17)24-12-7-13-29-16(2)25-18-8-5-6-9-19(18)29/h5-6,8-9,17H,4,7,10-15H2,1-3H3,(H2,23,24,26). The Morgan fingerprint density at radius 1 is 1.29 bits per heavy atom. The van der Waals surface area contributed by atoms with Crippen LogP contribution in [0.1, 0.15) is 37.2 Å². The van der Waals surface area contributed by atoms with Crippen molar-refractivity contribution in [1.82, 2.24) is 34.9 Å². The van der Waals surface area contributed by atoms with Gasteiger partial charge in [-0.3, -0.25) is 4.99 Å². The molecule has 1 unspecified atom stereocenters. The number of imidazole rings is 1. The smallest absolute Gasteiger partial charge is 0.191 e. The van der Waals surface area contributed by atoms with Crippen molar-refractivity contribution in [2.24, 2.45) is 4.99 Å². The van der Waals surface area contributed by atoms with Crippen molar-refractivity contribution in [1.29, 1.82) is 0 Å². The molecule has 3 aromatic rings. The normalized spacial score (nSPS) is 16.5. The van der Waals surface area contributed by atoms with Gasteiger partial charge in [-0.15, -0.1) is 0 Å². The number of ether oxygens (including phenoxy) is 1. The average molecular weight is 425 g/mol. The highest BCUT2D eigenvalue weighted by molar-refractivity contribution is 5.80. The van der Waals surface area contributed by atoms with Crippen molar-refractivity contribution in [3.8, 4) is 0 Å². The minimum atomic E-state index is 0.280. The van der Waals surface area contributed by atoms with Crippen molar-refractivity contribution in [3.63, 3.8) is 0 Å². The first-order valence-corrected chi connectivity index (χ1v) is 11.1. The molecule has 166 valence electrons. The van der Waals surface area contributed by atoms with Crippen LogP contribution in [0.25, 0.3) is 11.0 Å². The summed E-state index contributed by atoms with van der Waals surface area (Å²) in [6, 6.07) is 8.57. The maximum atomic E-state index is 5.15. The first-order valence-electron chi connectivity index (χ1n) is 11.1. The SMILES string of the molecule is CCNC(=NCCCn1c(C)nc2ccccc21)NC1CCc2nc(COC)nn2C1. The highest BCUT2D eigenvalue weighted by atomic mass is 16.5. The van der Waals surface area contributed by atoms with E-state index in [4.69, 9.17) is 9.73 Å². The van der Waals surface area contributed by atoms with Crippen LogP contribution in [0, 0.1) is 6.92 Å². The van der Waals surface area contributed by atoms with E-state index < -0.39 is 0 Å². The molecular weight excluding hydrogens is 392 g/mol. The number of benzene rings is 1. The molecule has 1 aromatic carbocycles. The largest absolute Gasteiger partial charge is 0.377 e. The molecule has 3 heterocycles. The van der Waals surface area contributed by atoms with Gasteiger partial charge in [-0.25, -0.2) is 14.6 Å². The van der Waals surface area contributed by atoms with Gasteiger partial charge in [0.25, 0.3) is 0 Å². The number of aliphatic imine (C=N–C) groups is 1. The molecule has 0 spiro atoms. The highest BCUT2D eigenvalue weighted by Crippen LogP contribution is 2.16. The number of methoxy groups -OCH3 is 1. The van der Waals surface area contributed by atoms with Crippen LogP contribution < -0.4 is 10.6 Å². The zero-order valence-corrected chi connectivity index (χ0v) is 18.6. The van der Waals surface area contributed by atoms with Crippen LogP contribution in [-0.2, 0) is 30.9 Å². The van der Waals surface area contributed by atoms with E-state index in [0.29, 0.717) is 6.61 Å². The summed E-state index contributed by atoms with van der Waals surface area (Å²) in [5, 5.41) is 11.5. The number of aryl methyl sites for hydroxylation is 3. The monoisotopic (exact) mass is 424 g/mol. The lowest BCUT2D eigenvalue weighted by molar-refractivity contribution is 0.177. The van der Waals surface area contributed by atoms with Crippen molar-refractivity contribution in [2.75, 3.05) is 20.2 Å². The molecule has 1 aliphatic heterocycles. The van der Waals surface area contributed by atoms with E-state index in [0.717, 1.165) is 74.4 Å². The summed E-state index contributed by atoms with van der Waals surface area (Å²) in [5.74, 6) is 3.70.